The number of rotatable bonds is 6. The van der Waals surface area contributed by atoms with Gasteiger partial charge in [0.25, 0.3) is 11.6 Å². The second-order valence-corrected chi connectivity index (χ2v) is 9.96. The number of aryl methyl sites for hydroxylation is 1. The van der Waals surface area contributed by atoms with E-state index < -0.39 is 10.8 Å². The van der Waals surface area contributed by atoms with Crippen LogP contribution in [0, 0.1) is 45.6 Å². The highest BCUT2D eigenvalue weighted by Gasteiger charge is 2.67. The van der Waals surface area contributed by atoms with Gasteiger partial charge in [0, 0.05) is 23.4 Å². The first kappa shape index (κ1) is 21.7. The van der Waals surface area contributed by atoms with E-state index in [0.29, 0.717) is 17.5 Å². The zero-order valence-electron chi connectivity index (χ0n) is 19.2. The molecule has 2 saturated carbocycles. The van der Waals surface area contributed by atoms with Crippen molar-refractivity contribution in [2.45, 2.75) is 19.8 Å². The predicted octanol–water partition coefficient (Wildman–Crippen LogP) is 3.81. The largest absolute Gasteiger partial charge is 0.290 e. The number of hydrogen-bond acceptors (Lipinski definition) is 5. The molecular formula is C27H25N3O5. The van der Waals surface area contributed by atoms with Crippen LogP contribution < -0.4 is 4.90 Å². The van der Waals surface area contributed by atoms with E-state index in [1.54, 1.807) is 12.1 Å². The molecule has 0 radical (unpaired) electrons. The molecule has 1 saturated heterocycles. The Balaban J connectivity index is 1.32. The van der Waals surface area contributed by atoms with Crippen molar-refractivity contribution in [1.82, 2.24) is 4.90 Å². The van der Waals surface area contributed by atoms with E-state index in [1.165, 1.54) is 34.1 Å². The maximum Gasteiger partial charge on any atom is 0.269 e. The molecule has 0 N–H and O–H groups in total. The average molecular weight is 472 g/mol. The van der Waals surface area contributed by atoms with Gasteiger partial charge in [-0.2, -0.15) is 0 Å². The summed E-state index contributed by atoms with van der Waals surface area (Å²) < 4.78 is 0. The van der Waals surface area contributed by atoms with Gasteiger partial charge in [0.05, 0.1) is 16.8 Å². The van der Waals surface area contributed by atoms with Gasteiger partial charge in [-0.05, 0) is 66.3 Å². The SMILES string of the molecule is CCc1ccc(N(CN2C(=O)C3C4C=CC(C5CC45)C3C2=O)C(=O)c2ccc([N+](=O)[O-])cc2)cc1. The van der Waals surface area contributed by atoms with Crippen LogP contribution in [-0.4, -0.2) is 34.2 Å². The number of allylic oxidation sites excluding steroid dienone is 2. The minimum atomic E-state index is -0.522. The monoisotopic (exact) mass is 471 g/mol. The normalized spacial score (nSPS) is 29.7. The lowest BCUT2D eigenvalue weighted by Gasteiger charge is -2.37. The summed E-state index contributed by atoms with van der Waals surface area (Å²) in [6.07, 6.45) is 6.17. The average Bonchev–Trinajstić information content (AvgIpc) is 3.67. The first-order valence-corrected chi connectivity index (χ1v) is 12.1. The number of carbonyl (C=O) groups excluding carboxylic acids is 3. The molecule has 3 amide bonds. The van der Waals surface area contributed by atoms with Crippen LogP contribution >= 0.6 is 0 Å². The van der Waals surface area contributed by atoms with Crippen molar-refractivity contribution >= 4 is 29.1 Å². The van der Waals surface area contributed by atoms with E-state index in [9.17, 15) is 24.5 Å². The van der Waals surface area contributed by atoms with Crippen LogP contribution in [0.5, 0.6) is 0 Å². The minimum Gasteiger partial charge on any atom is -0.290 e. The third-order valence-corrected chi connectivity index (χ3v) is 8.26. The van der Waals surface area contributed by atoms with Crippen molar-refractivity contribution in [1.29, 1.82) is 0 Å². The summed E-state index contributed by atoms with van der Waals surface area (Å²) in [5, 5.41) is 11.0. The Hall–Kier alpha value is -3.81. The molecule has 6 unspecified atom stereocenters. The van der Waals surface area contributed by atoms with Gasteiger partial charge in [-0.1, -0.05) is 31.2 Å². The molecule has 1 heterocycles. The molecule has 35 heavy (non-hydrogen) atoms. The number of likely N-dealkylation sites (tertiary alicyclic amines) is 1. The quantitative estimate of drug-likeness (QED) is 0.276. The molecule has 7 rings (SSSR count). The lowest BCUT2D eigenvalue weighted by atomic mass is 9.63. The van der Waals surface area contributed by atoms with E-state index in [2.05, 4.69) is 12.2 Å². The molecule has 2 aromatic rings. The van der Waals surface area contributed by atoms with E-state index >= 15 is 0 Å². The van der Waals surface area contributed by atoms with Crippen molar-refractivity contribution in [3.63, 3.8) is 0 Å². The van der Waals surface area contributed by atoms with E-state index in [0.717, 1.165) is 18.4 Å². The van der Waals surface area contributed by atoms with Gasteiger partial charge in [0.15, 0.2) is 0 Å². The topological polar surface area (TPSA) is 101 Å². The molecule has 178 valence electrons. The van der Waals surface area contributed by atoms with E-state index in [1.807, 2.05) is 19.1 Å². The summed E-state index contributed by atoms with van der Waals surface area (Å²) in [6.45, 7) is 1.85. The summed E-state index contributed by atoms with van der Waals surface area (Å²) in [7, 11) is 0. The third-order valence-electron chi connectivity index (χ3n) is 8.26. The van der Waals surface area contributed by atoms with Crippen molar-refractivity contribution in [2.24, 2.45) is 35.5 Å². The van der Waals surface area contributed by atoms with Crippen LogP contribution in [-0.2, 0) is 16.0 Å². The Morgan fingerprint density at radius 3 is 2.06 bits per heavy atom. The number of nitro groups is 1. The lowest BCUT2D eigenvalue weighted by Crippen LogP contribution is -2.45. The van der Waals surface area contributed by atoms with Crippen LogP contribution in [0.4, 0.5) is 11.4 Å². The van der Waals surface area contributed by atoms with Crippen molar-refractivity contribution < 1.29 is 19.3 Å². The summed E-state index contributed by atoms with van der Waals surface area (Å²) in [5.74, 6) is -0.264. The van der Waals surface area contributed by atoms with Crippen LogP contribution in [0.1, 0.15) is 29.3 Å². The number of benzene rings is 2. The Bertz CT molecular complexity index is 1230. The zero-order chi connectivity index (χ0) is 24.4. The Morgan fingerprint density at radius 1 is 0.971 bits per heavy atom. The van der Waals surface area contributed by atoms with Gasteiger partial charge >= 0.3 is 0 Å². The first-order chi connectivity index (χ1) is 16.9. The maximum absolute atomic E-state index is 13.6. The number of carbonyl (C=O) groups is 3. The van der Waals surface area contributed by atoms with E-state index in [-0.39, 0.29) is 53.4 Å². The van der Waals surface area contributed by atoms with E-state index in [4.69, 9.17) is 0 Å². The number of imide groups is 1. The number of hydrogen-bond donors (Lipinski definition) is 0. The van der Waals surface area contributed by atoms with Gasteiger partial charge in [0.2, 0.25) is 11.8 Å². The fourth-order valence-corrected chi connectivity index (χ4v) is 6.36. The summed E-state index contributed by atoms with van der Waals surface area (Å²) in [4.78, 5) is 53.8. The number of non-ortho nitro benzene ring substituents is 1. The first-order valence-electron chi connectivity index (χ1n) is 12.1. The molecule has 6 atom stereocenters. The molecule has 8 heteroatoms. The summed E-state index contributed by atoms with van der Waals surface area (Å²) in [5.41, 5.74) is 1.79. The highest BCUT2D eigenvalue weighted by atomic mass is 16.6. The fourth-order valence-electron chi connectivity index (χ4n) is 6.36. The highest BCUT2D eigenvalue weighted by molar-refractivity contribution is 6.10. The van der Waals surface area contributed by atoms with Gasteiger partial charge < -0.3 is 0 Å². The Kier molecular flexibility index (Phi) is 4.88. The lowest BCUT2D eigenvalue weighted by molar-refractivity contribution is -0.384. The third kappa shape index (κ3) is 3.31. The number of anilines is 1. The number of nitrogens with zero attached hydrogens (tertiary/aromatic N) is 3. The predicted molar refractivity (Wildman–Crippen MR) is 127 cm³/mol. The second-order valence-electron chi connectivity index (χ2n) is 9.96. The molecule has 4 aliphatic carbocycles. The summed E-state index contributed by atoms with van der Waals surface area (Å²) >= 11 is 0. The highest BCUT2D eigenvalue weighted by Crippen LogP contribution is 2.65. The molecule has 8 nitrogen and oxygen atoms in total. The van der Waals surface area contributed by atoms with Gasteiger partial charge in [-0.15, -0.1) is 0 Å². The zero-order valence-corrected chi connectivity index (χ0v) is 19.2. The van der Waals surface area contributed by atoms with Gasteiger partial charge in [-0.3, -0.25) is 34.3 Å². The Labute approximate surface area is 202 Å². The number of amides is 3. The molecule has 0 spiro atoms. The van der Waals surface area contributed by atoms with Gasteiger partial charge in [0.1, 0.15) is 6.67 Å². The molecule has 1 aliphatic heterocycles. The molecule has 2 aromatic carbocycles. The molecule has 5 aliphatic rings. The Morgan fingerprint density at radius 2 is 1.54 bits per heavy atom. The standard InChI is InChI=1S/C27H25N3O5/c1-2-15-3-7-17(8-4-15)28(25(31)16-5-9-18(10-6-16)30(34)35)14-29-26(32)23-19-11-12-20(22-13-21(19)22)24(23)27(29)33/h3-12,19-24H,2,13-14H2,1H3. The summed E-state index contributed by atoms with van der Waals surface area (Å²) in [6, 6.07) is 12.8. The molecule has 3 fully saturated rings. The second kappa shape index (κ2) is 7.86. The molecular weight excluding hydrogens is 446 g/mol. The minimum absolute atomic E-state index is 0.110. The maximum atomic E-state index is 13.6. The van der Waals surface area contributed by atoms with Crippen LogP contribution in [0.15, 0.2) is 60.7 Å². The molecule has 2 bridgehead atoms. The van der Waals surface area contributed by atoms with Crippen molar-refractivity contribution in [3.05, 3.63) is 81.9 Å². The van der Waals surface area contributed by atoms with Crippen LogP contribution in [0.3, 0.4) is 0 Å². The van der Waals surface area contributed by atoms with Crippen molar-refractivity contribution in [2.75, 3.05) is 11.6 Å². The van der Waals surface area contributed by atoms with Gasteiger partial charge in [-0.25, -0.2) is 0 Å². The van der Waals surface area contributed by atoms with Crippen LogP contribution in [0.25, 0.3) is 0 Å². The van der Waals surface area contributed by atoms with Crippen molar-refractivity contribution in [3.8, 4) is 0 Å². The van der Waals surface area contributed by atoms with Crippen LogP contribution in [0.2, 0.25) is 0 Å². The fraction of sp³-hybridized carbons (Fsp3) is 0.370. The molecule has 0 aromatic heterocycles. The smallest absolute Gasteiger partial charge is 0.269 e. The number of nitro benzene ring substituents is 1.